The summed E-state index contributed by atoms with van der Waals surface area (Å²) >= 11 is 1.45. The van der Waals surface area contributed by atoms with Gasteiger partial charge in [-0.1, -0.05) is 50.4 Å². The first-order valence-electron chi connectivity index (χ1n) is 7.83. The minimum absolute atomic E-state index is 0.176. The zero-order chi connectivity index (χ0) is 15.6. The van der Waals surface area contributed by atoms with E-state index in [4.69, 9.17) is 0 Å². The van der Waals surface area contributed by atoms with Crippen molar-refractivity contribution in [2.24, 2.45) is 0 Å². The molecule has 118 valence electrons. The van der Waals surface area contributed by atoms with Crippen LogP contribution in [0.3, 0.4) is 0 Å². The fraction of sp³-hybridized carbons (Fsp3) is 0.500. The highest BCUT2D eigenvalue weighted by atomic mass is 32.1. The normalized spacial score (nSPS) is 10.6. The zero-order valence-corrected chi connectivity index (χ0v) is 13.7. The largest absolute Gasteiger partial charge is 0.296 e. The van der Waals surface area contributed by atoms with Crippen molar-refractivity contribution < 1.29 is 4.79 Å². The monoisotopic (exact) mass is 318 g/mol. The van der Waals surface area contributed by atoms with Gasteiger partial charge in [0, 0.05) is 24.4 Å². The average molecular weight is 318 g/mol. The molecule has 0 aliphatic carbocycles. The molecule has 0 aliphatic rings. The zero-order valence-electron chi connectivity index (χ0n) is 12.9. The molecule has 0 atom stereocenters. The van der Waals surface area contributed by atoms with E-state index in [1.165, 1.54) is 43.4 Å². The molecule has 5 nitrogen and oxygen atoms in total. The second kappa shape index (κ2) is 9.25. The number of aromatic nitrogens is 3. The fourth-order valence-electron chi connectivity index (χ4n) is 2.13. The number of nitrogens with one attached hydrogen (secondary N) is 1. The van der Waals surface area contributed by atoms with Crippen LogP contribution in [-0.2, 0) is 6.42 Å². The van der Waals surface area contributed by atoms with Gasteiger partial charge in [-0.15, -0.1) is 10.2 Å². The van der Waals surface area contributed by atoms with Crippen molar-refractivity contribution in [3.05, 3.63) is 35.1 Å². The van der Waals surface area contributed by atoms with Gasteiger partial charge in [-0.25, -0.2) is 0 Å². The molecular weight excluding hydrogens is 296 g/mol. The van der Waals surface area contributed by atoms with Crippen molar-refractivity contribution in [3.63, 3.8) is 0 Å². The molecule has 1 N–H and O–H groups in total. The van der Waals surface area contributed by atoms with E-state index < -0.39 is 0 Å². The maximum atomic E-state index is 12.0. The highest BCUT2D eigenvalue weighted by Crippen LogP contribution is 2.18. The summed E-state index contributed by atoms with van der Waals surface area (Å²) < 4.78 is 0. The number of nitrogens with zero attached hydrogens (tertiary/aromatic N) is 3. The van der Waals surface area contributed by atoms with Crippen LogP contribution in [0, 0.1) is 0 Å². The van der Waals surface area contributed by atoms with E-state index in [0.717, 1.165) is 17.8 Å². The van der Waals surface area contributed by atoms with Crippen LogP contribution in [0.4, 0.5) is 5.13 Å². The highest BCUT2D eigenvalue weighted by molar-refractivity contribution is 7.15. The van der Waals surface area contributed by atoms with Gasteiger partial charge in [0.1, 0.15) is 5.01 Å². The van der Waals surface area contributed by atoms with Crippen molar-refractivity contribution in [2.45, 2.75) is 51.9 Å². The highest BCUT2D eigenvalue weighted by Gasteiger charge is 2.09. The lowest BCUT2D eigenvalue weighted by atomic mass is 10.1. The van der Waals surface area contributed by atoms with Gasteiger partial charge in [0.15, 0.2) is 0 Å². The van der Waals surface area contributed by atoms with Crippen LogP contribution < -0.4 is 5.32 Å². The summed E-state index contributed by atoms with van der Waals surface area (Å²) in [7, 11) is 0. The van der Waals surface area contributed by atoms with Gasteiger partial charge >= 0.3 is 0 Å². The van der Waals surface area contributed by atoms with Crippen LogP contribution >= 0.6 is 11.3 Å². The third-order valence-corrected chi connectivity index (χ3v) is 4.27. The number of aryl methyl sites for hydroxylation is 1. The van der Waals surface area contributed by atoms with Crippen LogP contribution in [0.15, 0.2) is 24.5 Å². The van der Waals surface area contributed by atoms with Gasteiger partial charge in [-0.05, 0) is 18.6 Å². The van der Waals surface area contributed by atoms with E-state index in [2.05, 4.69) is 27.4 Å². The Balaban J connectivity index is 1.73. The van der Waals surface area contributed by atoms with E-state index >= 15 is 0 Å². The smallest absolute Gasteiger partial charge is 0.257 e. The van der Waals surface area contributed by atoms with Crippen molar-refractivity contribution in [1.29, 1.82) is 0 Å². The second-order valence-electron chi connectivity index (χ2n) is 5.21. The topological polar surface area (TPSA) is 67.8 Å². The van der Waals surface area contributed by atoms with Gasteiger partial charge < -0.3 is 0 Å². The van der Waals surface area contributed by atoms with Crippen LogP contribution in [-0.4, -0.2) is 21.1 Å². The number of unbranched alkanes of at least 4 members (excludes halogenated alkanes) is 5. The Hall–Kier alpha value is -1.82. The number of carbonyl (C=O) groups is 1. The molecule has 0 fully saturated rings. The molecule has 2 heterocycles. The molecule has 2 aromatic heterocycles. The van der Waals surface area contributed by atoms with E-state index in [1.54, 1.807) is 24.5 Å². The predicted octanol–water partition coefficient (Wildman–Crippen LogP) is 4.09. The first-order chi connectivity index (χ1) is 10.8. The first kappa shape index (κ1) is 16.5. The molecule has 0 spiro atoms. The third-order valence-electron chi connectivity index (χ3n) is 3.37. The summed E-state index contributed by atoms with van der Waals surface area (Å²) in [5.74, 6) is -0.176. The molecule has 0 saturated heterocycles. The van der Waals surface area contributed by atoms with E-state index in [9.17, 15) is 4.79 Å². The van der Waals surface area contributed by atoms with E-state index in [0.29, 0.717) is 10.7 Å². The minimum atomic E-state index is -0.176. The van der Waals surface area contributed by atoms with Gasteiger partial charge in [0.05, 0.1) is 0 Å². The molecule has 22 heavy (non-hydrogen) atoms. The number of hydrogen-bond acceptors (Lipinski definition) is 5. The van der Waals surface area contributed by atoms with Crippen molar-refractivity contribution in [2.75, 3.05) is 5.32 Å². The summed E-state index contributed by atoms with van der Waals surface area (Å²) in [5, 5.41) is 12.5. The molecule has 1 amide bonds. The number of carbonyl (C=O) groups excluding carboxylic acids is 1. The predicted molar refractivity (Wildman–Crippen MR) is 89.2 cm³/mol. The Morgan fingerprint density at radius 2 is 1.82 bits per heavy atom. The quantitative estimate of drug-likeness (QED) is 0.707. The molecule has 6 heteroatoms. The van der Waals surface area contributed by atoms with Gasteiger partial charge in [0.2, 0.25) is 5.13 Å². The number of hydrogen-bond donors (Lipinski definition) is 1. The molecule has 0 unspecified atom stereocenters. The summed E-state index contributed by atoms with van der Waals surface area (Å²) in [4.78, 5) is 15.9. The van der Waals surface area contributed by atoms with Gasteiger partial charge in [0.25, 0.3) is 5.91 Å². The molecule has 2 aromatic rings. The number of pyridine rings is 1. The third kappa shape index (κ3) is 5.52. The van der Waals surface area contributed by atoms with Crippen LogP contribution in [0.2, 0.25) is 0 Å². The number of anilines is 1. The van der Waals surface area contributed by atoms with Crippen LogP contribution in [0.1, 0.15) is 60.8 Å². The van der Waals surface area contributed by atoms with Crippen molar-refractivity contribution >= 4 is 22.4 Å². The molecular formula is C16H22N4OS. The summed E-state index contributed by atoms with van der Waals surface area (Å²) in [5.41, 5.74) is 0.572. The van der Waals surface area contributed by atoms with Crippen LogP contribution in [0.5, 0.6) is 0 Å². The standard InChI is InChI=1S/C16H22N4OS/c1-2-3-4-5-6-7-8-14-19-20-16(22-14)18-15(21)13-9-11-17-12-10-13/h9-12H,2-8H2,1H3,(H,18,20,21). The van der Waals surface area contributed by atoms with Crippen molar-refractivity contribution in [1.82, 2.24) is 15.2 Å². The molecule has 0 aliphatic heterocycles. The lowest BCUT2D eigenvalue weighted by molar-refractivity contribution is 0.102. The van der Waals surface area contributed by atoms with E-state index in [-0.39, 0.29) is 5.91 Å². The summed E-state index contributed by atoms with van der Waals surface area (Å²) in [6, 6.07) is 3.35. The fourth-order valence-corrected chi connectivity index (χ4v) is 2.91. The van der Waals surface area contributed by atoms with Crippen molar-refractivity contribution in [3.8, 4) is 0 Å². The Morgan fingerprint density at radius 3 is 2.59 bits per heavy atom. The maximum Gasteiger partial charge on any atom is 0.257 e. The number of rotatable bonds is 9. The van der Waals surface area contributed by atoms with E-state index in [1.807, 2.05) is 0 Å². The molecule has 0 bridgehead atoms. The second-order valence-corrected chi connectivity index (χ2v) is 6.27. The Labute approximate surface area is 135 Å². The molecule has 0 aromatic carbocycles. The van der Waals surface area contributed by atoms with Crippen LogP contribution in [0.25, 0.3) is 0 Å². The lowest BCUT2D eigenvalue weighted by Crippen LogP contribution is -2.11. The minimum Gasteiger partial charge on any atom is -0.296 e. The summed E-state index contributed by atoms with van der Waals surface area (Å²) in [6.45, 7) is 2.23. The Kier molecular flexibility index (Phi) is 6.96. The Bertz CT molecular complexity index is 571. The maximum absolute atomic E-state index is 12.0. The SMILES string of the molecule is CCCCCCCCc1nnc(NC(=O)c2ccncc2)s1. The molecule has 0 radical (unpaired) electrons. The Morgan fingerprint density at radius 1 is 1.09 bits per heavy atom. The van der Waals surface area contributed by atoms with Gasteiger partial charge in [-0.3, -0.25) is 15.1 Å². The molecule has 0 saturated carbocycles. The average Bonchev–Trinajstić information content (AvgIpc) is 2.99. The first-order valence-corrected chi connectivity index (χ1v) is 8.65. The summed E-state index contributed by atoms with van der Waals surface area (Å²) in [6.07, 6.45) is 11.7. The van der Waals surface area contributed by atoms with Gasteiger partial charge in [-0.2, -0.15) is 0 Å². The molecule has 2 rings (SSSR count). The number of amides is 1. The lowest BCUT2D eigenvalue weighted by Gasteiger charge is -1.99.